The number of aryl methyl sites for hydroxylation is 1. The molecule has 0 bridgehead atoms. The molecule has 0 fully saturated rings. The Morgan fingerprint density at radius 1 is 1.25 bits per heavy atom. The monoisotopic (exact) mass is 335 g/mol. The molecular formula is C19H14FN3S. The van der Waals surface area contributed by atoms with E-state index in [1.807, 2.05) is 35.7 Å². The molecule has 2 aromatic carbocycles. The van der Waals surface area contributed by atoms with Crippen molar-refractivity contribution < 1.29 is 4.39 Å². The van der Waals surface area contributed by atoms with Gasteiger partial charge in [0.2, 0.25) is 0 Å². The van der Waals surface area contributed by atoms with Crippen LogP contribution in [0.25, 0.3) is 16.8 Å². The Morgan fingerprint density at radius 2 is 2.04 bits per heavy atom. The fourth-order valence-corrected chi connectivity index (χ4v) is 2.91. The van der Waals surface area contributed by atoms with E-state index in [1.54, 1.807) is 25.3 Å². The molecule has 24 heavy (non-hydrogen) atoms. The van der Waals surface area contributed by atoms with Crippen molar-refractivity contribution in [3.05, 3.63) is 76.5 Å². The van der Waals surface area contributed by atoms with Crippen LogP contribution in [0.4, 0.5) is 10.1 Å². The van der Waals surface area contributed by atoms with Crippen molar-refractivity contribution in [1.29, 1.82) is 5.26 Å². The van der Waals surface area contributed by atoms with Crippen molar-refractivity contribution >= 4 is 22.6 Å². The van der Waals surface area contributed by atoms with Gasteiger partial charge in [0.1, 0.15) is 22.5 Å². The van der Waals surface area contributed by atoms with E-state index in [4.69, 9.17) is 0 Å². The van der Waals surface area contributed by atoms with E-state index in [1.165, 1.54) is 17.4 Å². The predicted molar refractivity (Wildman–Crippen MR) is 95.9 cm³/mol. The number of nitriles is 1. The normalized spacial score (nSPS) is 11.1. The molecule has 0 saturated heterocycles. The standard InChI is InChI=1S/C19H14FN3S/c1-13-7-8-16(9-17(13)20)22-11-15(10-21)19-23-18(12-24-19)14-5-3-2-4-6-14/h2-9,11-12,22H,1H3/b15-11+. The number of hydrogen-bond acceptors (Lipinski definition) is 4. The van der Waals surface area contributed by atoms with Gasteiger partial charge in [-0.25, -0.2) is 9.37 Å². The van der Waals surface area contributed by atoms with Gasteiger partial charge in [-0.3, -0.25) is 0 Å². The number of thiazole rings is 1. The van der Waals surface area contributed by atoms with Gasteiger partial charge in [0.05, 0.1) is 5.69 Å². The second kappa shape index (κ2) is 7.07. The molecule has 0 aliphatic rings. The van der Waals surface area contributed by atoms with Crippen molar-refractivity contribution in [3.63, 3.8) is 0 Å². The van der Waals surface area contributed by atoms with Gasteiger partial charge in [-0.15, -0.1) is 11.3 Å². The van der Waals surface area contributed by atoms with Gasteiger partial charge < -0.3 is 5.32 Å². The van der Waals surface area contributed by atoms with Crippen molar-refractivity contribution in [2.75, 3.05) is 5.32 Å². The third kappa shape index (κ3) is 3.50. The maximum Gasteiger partial charge on any atom is 0.136 e. The zero-order chi connectivity index (χ0) is 16.9. The number of nitrogens with one attached hydrogen (secondary N) is 1. The van der Waals surface area contributed by atoms with Gasteiger partial charge in [-0.1, -0.05) is 36.4 Å². The van der Waals surface area contributed by atoms with Crippen LogP contribution in [-0.4, -0.2) is 4.98 Å². The van der Waals surface area contributed by atoms with E-state index in [0.29, 0.717) is 21.8 Å². The van der Waals surface area contributed by atoms with E-state index in [0.717, 1.165) is 11.3 Å². The van der Waals surface area contributed by atoms with Crippen molar-refractivity contribution in [3.8, 4) is 17.3 Å². The Hall–Kier alpha value is -2.97. The summed E-state index contributed by atoms with van der Waals surface area (Å²) in [6, 6.07) is 16.8. The van der Waals surface area contributed by atoms with Gasteiger partial charge in [-0.05, 0) is 24.6 Å². The largest absolute Gasteiger partial charge is 0.360 e. The maximum absolute atomic E-state index is 13.6. The molecule has 0 atom stereocenters. The van der Waals surface area contributed by atoms with Gasteiger partial charge in [0, 0.05) is 22.8 Å². The quantitative estimate of drug-likeness (QED) is 0.664. The molecule has 1 heterocycles. The first-order valence-corrected chi connectivity index (χ1v) is 8.19. The SMILES string of the molecule is Cc1ccc(N/C=C(\C#N)c2nc(-c3ccccc3)cs2)cc1F. The molecule has 1 N–H and O–H groups in total. The highest BCUT2D eigenvalue weighted by atomic mass is 32.1. The summed E-state index contributed by atoms with van der Waals surface area (Å²) in [5, 5.41) is 14.9. The summed E-state index contributed by atoms with van der Waals surface area (Å²) in [6.07, 6.45) is 1.55. The molecule has 0 aliphatic carbocycles. The summed E-state index contributed by atoms with van der Waals surface area (Å²) in [4.78, 5) is 4.51. The molecule has 3 aromatic rings. The zero-order valence-electron chi connectivity index (χ0n) is 13.0. The van der Waals surface area contributed by atoms with Crippen LogP contribution in [0.2, 0.25) is 0 Å². The topological polar surface area (TPSA) is 48.7 Å². The van der Waals surface area contributed by atoms with Crippen molar-refractivity contribution in [2.45, 2.75) is 6.92 Å². The minimum Gasteiger partial charge on any atom is -0.360 e. The first kappa shape index (κ1) is 15.9. The number of nitrogens with zero attached hydrogens (tertiary/aromatic N) is 2. The van der Waals surface area contributed by atoms with E-state index < -0.39 is 0 Å². The maximum atomic E-state index is 13.6. The highest BCUT2D eigenvalue weighted by molar-refractivity contribution is 7.11. The van der Waals surface area contributed by atoms with Gasteiger partial charge in [-0.2, -0.15) is 5.26 Å². The Labute approximate surface area is 143 Å². The van der Waals surface area contributed by atoms with Crippen molar-refractivity contribution in [1.82, 2.24) is 4.98 Å². The minimum absolute atomic E-state index is 0.285. The Morgan fingerprint density at radius 3 is 2.75 bits per heavy atom. The number of hydrogen-bond donors (Lipinski definition) is 1. The smallest absolute Gasteiger partial charge is 0.136 e. The Bertz CT molecular complexity index is 923. The number of anilines is 1. The van der Waals surface area contributed by atoms with Crippen molar-refractivity contribution in [2.24, 2.45) is 0 Å². The number of allylic oxidation sites excluding steroid dienone is 1. The molecule has 5 heteroatoms. The molecule has 1 aromatic heterocycles. The first-order chi connectivity index (χ1) is 11.7. The average molecular weight is 335 g/mol. The van der Waals surface area contributed by atoms with Gasteiger partial charge >= 0.3 is 0 Å². The van der Waals surface area contributed by atoms with Crippen LogP contribution in [0.5, 0.6) is 0 Å². The molecule has 3 nitrogen and oxygen atoms in total. The van der Waals surface area contributed by atoms with Crippen LogP contribution >= 0.6 is 11.3 Å². The summed E-state index contributed by atoms with van der Waals surface area (Å²) in [5.74, 6) is -0.285. The highest BCUT2D eigenvalue weighted by Crippen LogP contribution is 2.26. The fraction of sp³-hybridized carbons (Fsp3) is 0.0526. The van der Waals surface area contributed by atoms with E-state index in [9.17, 15) is 9.65 Å². The lowest BCUT2D eigenvalue weighted by Crippen LogP contribution is -1.93. The Kier molecular flexibility index (Phi) is 4.69. The first-order valence-electron chi connectivity index (χ1n) is 7.31. The second-order valence-electron chi connectivity index (χ2n) is 5.18. The van der Waals surface area contributed by atoms with Crippen LogP contribution in [0.1, 0.15) is 10.6 Å². The Balaban J connectivity index is 1.82. The molecule has 0 spiro atoms. The van der Waals surface area contributed by atoms with E-state index >= 15 is 0 Å². The lowest BCUT2D eigenvalue weighted by atomic mass is 10.2. The molecule has 118 valence electrons. The van der Waals surface area contributed by atoms with E-state index in [2.05, 4.69) is 16.4 Å². The van der Waals surface area contributed by atoms with Gasteiger partial charge in [0.25, 0.3) is 0 Å². The third-order valence-electron chi connectivity index (χ3n) is 3.48. The van der Waals surface area contributed by atoms with Crippen LogP contribution in [0, 0.1) is 24.1 Å². The molecule has 3 rings (SSSR count). The highest BCUT2D eigenvalue weighted by Gasteiger charge is 2.09. The van der Waals surface area contributed by atoms with Crippen LogP contribution in [0.15, 0.2) is 60.1 Å². The van der Waals surface area contributed by atoms with Crippen LogP contribution in [0.3, 0.4) is 0 Å². The predicted octanol–water partition coefficient (Wildman–Crippen LogP) is 5.23. The molecule has 0 aliphatic heterocycles. The molecule has 0 amide bonds. The number of benzene rings is 2. The van der Waals surface area contributed by atoms with Gasteiger partial charge in [0.15, 0.2) is 0 Å². The summed E-state index contributed by atoms with van der Waals surface area (Å²) >= 11 is 1.40. The average Bonchev–Trinajstić information content (AvgIpc) is 3.09. The molecule has 0 unspecified atom stereocenters. The zero-order valence-corrected chi connectivity index (χ0v) is 13.8. The summed E-state index contributed by atoms with van der Waals surface area (Å²) in [5.41, 5.74) is 3.41. The summed E-state index contributed by atoms with van der Waals surface area (Å²) in [6.45, 7) is 1.70. The fourth-order valence-electron chi connectivity index (χ4n) is 2.12. The van der Waals surface area contributed by atoms with E-state index in [-0.39, 0.29) is 5.82 Å². The summed E-state index contributed by atoms with van der Waals surface area (Å²) in [7, 11) is 0. The van der Waals surface area contributed by atoms with Crippen LogP contribution in [-0.2, 0) is 0 Å². The lowest BCUT2D eigenvalue weighted by molar-refractivity contribution is 0.619. The second-order valence-corrected chi connectivity index (χ2v) is 6.04. The molecule has 0 saturated carbocycles. The minimum atomic E-state index is -0.285. The third-order valence-corrected chi connectivity index (χ3v) is 4.36. The molecule has 0 radical (unpaired) electrons. The summed E-state index contributed by atoms with van der Waals surface area (Å²) < 4.78 is 13.6. The molecular weight excluding hydrogens is 321 g/mol. The van der Waals surface area contributed by atoms with Crippen LogP contribution < -0.4 is 5.32 Å². The number of halogens is 1. The number of rotatable bonds is 4. The lowest BCUT2D eigenvalue weighted by Gasteiger charge is -2.03. The number of aromatic nitrogens is 1.